The highest BCUT2D eigenvalue weighted by Gasteiger charge is 2.23. The molecule has 0 atom stereocenters. The maximum absolute atomic E-state index is 12.2. The van der Waals surface area contributed by atoms with Gasteiger partial charge in [0.15, 0.2) is 11.5 Å². The van der Waals surface area contributed by atoms with Crippen LogP contribution in [0.2, 0.25) is 0 Å². The van der Waals surface area contributed by atoms with Crippen molar-refractivity contribution in [3.8, 4) is 17.6 Å². The number of carbonyl (C=O) groups excluding carboxylic acids is 2. The van der Waals surface area contributed by atoms with Crippen molar-refractivity contribution in [3.05, 3.63) is 42.1 Å². The Morgan fingerprint density at radius 1 is 1.13 bits per heavy atom. The number of carbonyl (C=O) groups is 2. The molecule has 3 heterocycles. The van der Waals surface area contributed by atoms with Crippen molar-refractivity contribution in [3.63, 3.8) is 0 Å². The van der Waals surface area contributed by atoms with Crippen LogP contribution in [0, 0.1) is 17.2 Å². The van der Waals surface area contributed by atoms with Gasteiger partial charge in [0.05, 0.1) is 5.56 Å². The first-order valence-electron chi connectivity index (χ1n) is 10.2. The van der Waals surface area contributed by atoms with E-state index >= 15 is 0 Å². The summed E-state index contributed by atoms with van der Waals surface area (Å²) in [5, 5.41) is 14.6. The van der Waals surface area contributed by atoms with E-state index in [9.17, 15) is 14.9 Å². The quantitative estimate of drug-likeness (QED) is 0.722. The zero-order valence-electron chi connectivity index (χ0n) is 17.0. The molecule has 0 bridgehead atoms. The average Bonchev–Trinajstić information content (AvgIpc) is 2.82. The van der Waals surface area contributed by atoms with Crippen LogP contribution in [-0.2, 0) is 9.59 Å². The molecule has 0 radical (unpaired) electrons. The number of ether oxygens (including phenoxy) is 2. The Hall–Kier alpha value is -3.80. The van der Waals surface area contributed by atoms with E-state index in [1.165, 1.54) is 0 Å². The summed E-state index contributed by atoms with van der Waals surface area (Å²) in [6, 6.07) is 10.7. The van der Waals surface area contributed by atoms with Crippen molar-refractivity contribution in [1.82, 2.24) is 10.3 Å². The SMILES string of the molecule is N#Cc1cccnc1N1CCC(CNC(=O)C(=O)Nc2ccc3c(c2)OCCO3)CC1. The highest BCUT2D eigenvalue weighted by Crippen LogP contribution is 2.32. The van der Waals surface area contributed by atoms with Crippen molar-refractivity contribution in [2.45, 2.75) is 12.8 Å². The predicted molar refractivity (Wildman–Crippen MR) is 113 cm³/mol. The van der Waals surface area contributed by atoms with Gasteiger partial charge in [-0.1, -0.05) is 0 Å². The fourth-order valence-electron chi connectivity index (χ4n) is 3.71. The summed E-state index contributed by atoms with van der Waals surface area (Å²) in [6.07, 6.45) is 3.36. The minimum Gasteiger partial charge on any atom is -0.486 e. The molecule has 0 aliphatic carbocycles. The third kappa shape index (κ3) is 4.86. The topological polar surface area (TPSA) is 117 Å². The first-order valence-corrected chi connectivity index (χ1v) is 10.2. The molecule has 2 N–H and O–H groups in total. The van der Waals surface area contributed by atoms with E-state index in [1.807, 2.05) is 0 Å². The van der Waals surface area contributed by atoms with Crippen LogP contribution in [0.5, 0.6) is 11.5 Å². The van der Waals surface area contributed by atoms with Crippen molar-refractivity contribution in [1.29, 1.82) is 5.26 Å². The summed E-state index contributed by atoms with van der Waals surface area (Å²) >= 11 is 0. The Bertz CT molecular complexity index is 1010. The predicted octanol–water partition coefficient (Wildman–Crippen LogP) is 1.70. The number of hydrogen-bond donors (Lipinski definition) is 2. The summed E-state index contributed by atoms with van der Waals surface area (Å²) in [7, 11) is 0. The minimum absolute atomic E-state index is 0.261. The largest absolute Gasteiger partial charge is 0.486 e. The molecule has 0 spiro atoms. The number of nitriles is 1. The molecular weight excluding hydrogens is 398 g/mol. The monoisotopic (exact) mass is 421 g/mol. The van der Waals surface area contributed by atoms with E-state index in [0.717, 1.165) is 25.9 Å². The van der Waals surface area contributed by atoms with Gasteiger partial charge in [-0.05, 0) is 43.0 Å². The maximum atomic E-state index is 12.2. The lowest BCUT2D eigenvalue weighted by Gasteiger charge is -2.33. The van der Waals surface area contributed by atoms with Gasteiger partial charge in [0, 0.05) is 37.6 Å². The molecule has 2 aliphatic rings. The molecule has 0 unspecified atom stereocenters. The standard InChI is InChI=1S/C22H23N5O4/c23-13-16-2-1-7-24-20(16)27-8-5-15(6-9-27)14-25-21(28)22(29)26-17-3-4-18-19(12-17)31-11-10-30-18/h1-4,7,12,15H,5-6,8-11,14H2,(H,25,28)(H,26,29). The van der Waals surface area contributed by atoms with Crippen LogP contribution >= 0.6 is 0 Å². The molecular formula is C22H23N5O4. The summed E-state index contributed by atoms with van der Waals surface area (Å²) in [4.78, 5) is 30.8. The average molecular weight is 421 g/mol. The number of nitrogens with zero attached hydrogens (tertiary/aromatic N) is 3. The number of hydrogen-bond acceptors (Lipinski definition) is 7. The van der Waals surface area contributed by atoms with Gasteiger partial charge in [-0.25, -0.2) is 4.98 Å². The zero-order valence-corrected chi connectivity index (χ0v) is 17.0. The second kappa shape index (κ2) is 9.34. The molecule has 31 heavy (non-hydrogen) atoms. The highest BCUT2D eigenvalue weighted by atomic mass is 16.6. The Morgan fingerprint density at radius 2 is 1.90 bits per heavy atom. The lowest BCUT2D eigenvalue weighted by atomic mass is 9.96. The van der Waals surface area contributed by atoms with E-state index in [4.69, 9.17) is 9.47 Å². The molecule has 9 nitrogen and oxygen atoms in total. The number of aromatic nitrogens is 1. The molecule has 2 amide bonds. The Balaban J connectivity index is 1.24. The smallest absolute Gasteiger partial charge is 0.313 e. The normalized spacial score (nSPS) is 15.6. The summed E-state index contributed by atoms with van der Waals surface area (Å²) in [6.45, 7) is 2.85. The molecule has 160 valence electrons. The van der Waals surface area contributed by atoms with Crippen molar-refractivity contribution in [2.24, 2.45) is 5.92 Å². The first kappa shape index (κ1) is 20.5. The molecule has 1 aromatic carbocycles. The van der Waals surface area contributed by atoms with E-state index in [1.54, 1.807) is 36.5 Å². The van der Waals surface area contributed by atoms with Crippen LogP contribution < -0.4 is 25.0 Å². The zero-order chi connectivity index (χ0) is 21.6. The summed E-state index contributed by atoms with van der Waals surface area (Å²) in [5.74, 6) is 0.731. The molecule has 2 aromatic rings. The molecule has 2 aliphatic heterocycles. The number of amides is 2. The highest BCUT2D eigenvalue weighted by molar-refractivity contribution is 6.39. The van der Waals surface area contributed by atoms with Gasteiger partial charge in [0.1, 0.15) is 25.1 Å². The fraction of sp³-hybridized carbons (Fsp3) is 0.364. The van der Waals surface area contributed by atoms with Gasteiger partial charge in [-0.2, -0.15) is 5.26 Å². The number of piperidine rings is 1. The van der Waals surface area contributed by atoms with Crippen molar-refractivity contribution < 1.29 is 19.1 Å². The Morgan fingerprint density at radius 3 is 2.68 bits per heavy atom. The third-order valence-electron chi connectivity index (χ3n) is 5.38. The van der Waals surface area contributed by atoms with Crippen molar-refractivity contribution >= 4 is 23.3 Å². The van der Waals surface area contributed by atoms with Crippen LogP contribution in [0.4, 0.5) is 11.5 Å². The van der Waals surface area contributed by atoms with E-state index in [-0.39, 0.29) is 5.92 Å². The first-order chi connectivity index (χ1) is 15.1. The molecule has 9 heteroatoms. The van der Waals surface area contributed by atoms with Crippen LogP contribution in [0.1, 0.15) is 18.4 Å². The van der Waals surface area contributed by atoms with Crippen LogP contribution in [0.15, 0.2) is 36.5 Å². The van der Waals surface area contributed by atoms with E-state index in [0.29, 0.717) is 48.3 Å². The van der Waals surface area contributed by atoms with Gasteiger partial charge in [0.2, 0.25) is 0 Å². The maximum Gasteiger partial charge on any atom is 0.313 e. The molecule has 0 saturated carbocycles. The number of pyridine rings is 1. The number of rotatable bonds is 4. The number of nitrogens with one attached hydrogen (secondary N) is 2. The second-order valence-electron chi connectivity index (χ2n) is 7.44. The van der Waals surface area contributed by atoms with Gasteiger partial charge in [-0.15, -0.1) is 0 Å². The van der Waals surface area contributed by atoms with Gasteiger partial charge in [0.25, 0.3) is 0 Å². The van der Waals surface area contributed by atoms with Crippen LogP contribution in [0.25, 0.3) is 0 Å². The van der Waals surface area contributed by atoms with Crippen LogP contribution in [0.3, 0.4) is 0 Å². The van der Waals surface area contributed by atoms with Gasteiger partial charge in [-0.3, -0.25) is 9.59 Å². The second-order valence-corrected chi connectivity index (χ2v) is 7.44. The van der Waals surface area contributed by atoms with E-state index in [2.05, 4.69) is 26.6 Å². The lowest BCUT2D eigenvalue weighted by molar-refractivity contribution is -0.136. The van der Waals surface area contributed by atoms with Crippen molar-refractivity contribution in [2.75, 3.05) is 43.1 Å². The number of anilines is 2. The minimum atomic E-state index is -0.721. The lowest BCUT2D eigenvalue weighted by Crippen LogP contribution is -2.42. The molecule has 1 fully saturated rings. The number of fused-ring (bicyclic) bond motifs is 1. The van der Waals surface area contributed by atoms with Gasteiger partial charge >= 0.3 is 11.8 Å². The fourth-order valence-corrected chi connectivity index (χ4v) is 3.71. The molecule has 4 rings (SSSR count). The van der Waals surface area contributed by atoms with Crippen LogP contribution in [-0.4, -0.2) is 49.6 Å². The number of benzene rings is 1. The summed E-state index contributed by atoms with van der Waals surface area (Å²) < 4.78 is 10.9. The molecule has 1 saturated heterocycles. The van der Waals surface area contributed by atoms with Gasteiger partial charge < -0.3 is 25.0 Å². The Labute approximate surface area is 180 Å². The third-order valence-corrected chi connectivity index (χ3v) is 5.38. The molecule has 1 aromatic heterocycles. The Kier molecular flexibility index (Phi) is 6.17. The van der Waals surface area contributed by atoms with E-state index < -0.39 is 11.8 Å². The summed E-state index contributed by atoms with van der Waals surface area (Å²) in [5.41, 5.74) is 1.03.